The van der Waals surface area contributed by atoms with Gasteiger partial charge in [-0.2, -0.15) is 0 Å². The fraction of sp³-hybridized carbons (Fsp3) is 0.200. The van der Waals surface area contributed by atoms with Crippen LogP contribution in [0.4, 0.5) is 11.4 Å². The lowest BCUT2D eigenvalue weighted by Gasteiger charge is -2.20. The molecule has 1 heterocycles. The van der Waals surface area contributed by atoms with Crippen molar-refractivity contribution in [1.82, 2.24) is 0 Å². The zero-order valence-electron chi connectivity index (χ0n) is 9.76. The quantitative estimate of drug-likeness (QED) is 0.795. The van der Waals surface area contributed by atoms with Gasteiger partial charge >= 0.3 is 0 Å². The molecule has 3 rings (SSSR count). The first-order chi connectivity index (χ1) is 8.34. The van der Waals surface area contributed by atoms with Gasteiger partial charge in [-0.3, -0.25) is 0 Å². The lowest BCUT2D eigenvalue weighted by Crippen LogP contribution is -2.20. The number of hydrogen-bond donors (Lipinski definition) is 1. The van der Waals surface area contributed by atoms with Crippen LogP contribution in [0.15, 0.2) is 48.5 Å². The normalized spacial score (nSPS) is 13.8. The molecule has 1 aliphatic heterocycles. The van der Waals surface area contributed by atoms with Crippen LogP contribution in [0.2, 0.25) is 0 Å². The third kappa shape index (κ3) is 1.86. The summed E-state index contributed by atoms with van der Waals surface area (Å²) in [5.41, 5.74) is 10.9. The van der Waals surface area contributed by atoms with E-state index in [2.05, 4.69) is 35.2 Å². The van der Waals surface area contributed by atoms with Crippen LogP contribution in [0, 0.1) is 0 Å². The van der Waals surface area contributed by atoms with Crippen molar-refractivity contribution in [3.63, 3.8) is 0 Å². The highest BCUT2D eigenvalue weighted by molar-refractivity contribution is 5.59. The summed E-state index contributed by atoms with van der Waals surface area (Å²) in [6.07, 6.45) is 1.14. The molecule has 0 saturated carbocycles. The van der Waals surface area contributed by atoms with Crippen molar-refractivity contribution in [3.05, 3.63) is 59.7 Å². The highest BCUT2D eigenvalue weighted by Gasteiger charge is 2.18. The zero-order chi connectivity index (χ0) is 11.7. The van der Waals surface area contributed by atoms with Crippen LogP contribution >= 0.6 is 0 Å². The molecule has 17 heavy (non-hydrogen) atoms. The van der Waals surface area contributed by atoms with E-state index in [1.165, 1.54) is 16.8 Å². The van der Waals surface area contributed by atoms with E-state index >= 15 is 0 Å². The summed E-state index contributed by atoms with van der Waals surface area (Å²) in [4.78, 5) is 2.40. The number of nitrogen functional groups attached to an aromatic ring is 1. The van der Waals surface area contributed by atoms with E-state index in [-0.39, 0.29) is 0 Å². The number of rotatable bonds is 2. The summed E-state index contributed by atoms with van der Waals surface area (Å²) >= 11 is 0. The molecule has 2 aromatic rings. The highest BCUT2D eigenvalue weighted by Crippen LogP contribution is 2.29. The number of anilines is 2. The maximum absolute atomic E-state index is 5.99. The third-order valence-electron chi connectivity index (χ3n) is 3.40. The maximum Gasteiger partial charge on any atom is 0.0450 e. The second kappa shape index (κ2) is 4.13. The Bertz CT molecular complexity index is 534. The van der Waals surface area contributed by atoms with Crippen molar-refractivity contribution < 1.29 is 0 Å². The van der Waals surface area contributed by atoms with Crippen LogP contribution in [-0.2, 0) is 13.0 Å². The van der Waals surface area contributed by atoms with Crippen molar-refractivity contribution in [2.45, 2.75) is 13.0 Å². The van der Waals surface area contributed by atoms with Crippen molar-refractivity contribution in [1.29, 1.82) is 0 Å². The summed E-state index contributed by atoms with van der Waals surface area (Å²) in [7, 11) is 0. The second-order valence-electron chi connectivity index (χ2n) is 4.50. The van der Waals surface area contributed by atoms with Gasteiger partial charge in [-0.15, -0.1) is 0 Å². The van der Waals surface area contributed by atoms with Crippen molar-refractivity contribution in [2.24, 2.45) is 0 Å². The van der Waals surface area contributed by atoms with Gasteiger partial charge in [0.1, 0.15) is 0 Å². The fourth-order valence-corrected chi connectivity index (χ4v) is 2.45. The van der Waals surface area contributed by atoms with Gasteiger partial charge in [0, 0.05) is 24.5 Å². The molecule has 1 aliphatic rings. The Hall–Kier alpha value is -1.96. The predicted molar refractivity (Wildman–Crippen MR) is 72.1 cm³/mol. The zero-order valence-corrected chi connectivity index (χ0v) is 9.76. The molecule has 2 aromatic carbocycles. The molecule has 0 aromatic heterocycles. The van der Waals surface area contributed by atoms with E-state index in [0.29, 0.717) is 0 Å². The Labute approximate surface area is 102 Å². The second-order valence-corrected chi connectivity index (χ2v) is 4.50. The first-order valence-corrected chi connectivity index (χ1v) is 6.01. The van der Waals surface area contributed by atoms with E-state index < -0.39 is 0 Å². The molecule has 2 N–H and O–H groups in total. The first-order valence-electron chi connectivity index (χ1n) is 6.01. The first kappa shape index (κ1) is 10.2. The number of hydrogen-bond acceptors (Lipinski definition) is 2. The van der Waals surface area contributed by atoms with Crippen LogP contribution in [-0.4, -0.2) is 6.54 Å². The Kier molecular flexibility index (Phi) is 2.48. The van der Waals surface area contributed by atoms with E-state index in [1.807, 2.05) is 18.2 Å². The van der Waals surface area contributed by atoms with E-state index in [1.54, 1.807) is 0 Å². The standard InChI is InChI=1S/C15H16N2/c16-14-7-3-1-6-13(14)11-17-10-9-12-5-2-4-8-15(12)17/h1-8H,9-11,16H2. The smallest absolute Gasteiger partial charge is 0.0450 e. The van der Waals surface area contributed by atoms with Gasteiger partial charge in [-0.05, 0) is 29.7 Å². The summed E-state index contributed by atoms with van der Waals surface area (Å²) in [5, 5.41) is 0. The number of para-hydroxylation sites is 2. The van der Waals surface area contributed by atoms with Gasteiger partial charge in [-0.25, -0.2) is 0 Å². The van der Waals surface area contributed by atoms with Gasteiger partial charge in [0.05, 0.1) is 0 Å². The van der Waals surface area contributed by atoms with Crippen molar-refractivity contribution in [3.8, 4) is 0 Å². The largest absolute Gasteiger partial charge is 0.398 e. The van der Waals surface area contributed by atoms with Crippen LogP contribution < -0.4 is 10.6 Å². The van der Waals surface area contributed by atoms with Crippen LogP contribution in [0.1, 0.15) is 11.1 Å². The molecule has 0 aliphatic carbocycles. The predicted octanol–water partition coefficient (Wildman–Crippen LogP) is 2.83. The molecule has 0 spiro atoms. The van der Waals surface area contributed by atoms with Crippen LogP contribution in [0.25, 0.3) is 0 Å². The molecule has 0 bridgehead atoms. The molecule has 0 unspecified atom stereocenters. The minimum absolute atomic E-state index is 0.886. The molecule has 2 heteroatoms. The van der Waals surface area contributed by atoms with Crippen LogP contribution in [0.5, 0.6) is 0 Å². The minimum Gasteiger partial charge on any atom is -0.398 e. The monoisotopic (exact) mass is 224 g/mol. The molecule has 0 radical (unpaired) electrons. The average Bonchev–Trinajstić information content (AvgIpc) is 2.76. The molecule has 0 fully saturated rings. The Morgan fingerprint density at radius 1 is 1.00 bits per heavy atom. The Morgan fingerprint density at radius 2 is 1.76 bits per heavy atom. The maximum atomic E-state index is 5.99. The van der Waals surface area contributed by atoms with Gasteiger partial charge in [-0.1, -0.05) is 36.4 Å². The van der Waals surface area contributed by atoms with Gasteiger partial charge in [0.25, 0.3) is 0 Å². The number of nitrogens with zero attached hydrogens (tertiary/aromatic N) is 1. The van der Waals surface area contributed by atoms with Gasteiger partial charge in [0.2, 0.25) is 0 Å². The molecular formula is C15H16N2. The topological polar surface area (TPSA) is 29.3 Å². The molecule has 2 nitrogen and oxygen atoms in total. The summed E-state index contributed by atoms with van der Waals surface area (Å²) in [6, 6.07) is 16.7. The average molecular weight is 224 g/mol. The Morgan fingerprint density at radius 3 is 2.65 bits per heavy atom. The lowest BCUT2D eigenvalue weighted by molar-refractivity contribution is 0.837. The SMILES string of the molecule is Nc1ccccc1CN1CCc2ccccc21. The van der Waals surface area contributed by atoms with E-state index in [4.69, 9.17) is 5.73 Å². The van der Waals surface area contributed by atoms with Crippen molar-refractivity contribution >= 4 is 11.4 Å². The fourth-order valence-electron chi connectivity index (χ4n) is 2.45. The summed E-state index contributed by atoms with van der Waals surface area (Å²) in [5.74, 6) is 0. The lowest BCUT2D eigenvalue weighted by atomic mass is 10.1. The minimum atomic E-state index is 0.886. The highest BCUT2D eigenvalue weighted by atomic mass is 15.1. The molecule has 0 atom stereocenters. The summed E-state index contributed by atoms with van der Waals surface area (Å²) in [6.45, 7) is 2.00. The van der Waals surface area contributed by atoms with E-state index in [9.17, 15) is 0 Å². The van der Waals surface area contributed by atoms with E-state index in [0.717, 1.165) is 25.2 Å². The molecule has 86 valence electrons. The number of fused-ring (bicyclic) bond motifs is 1. The summed E-state index contributed by atoms with van der Waals surface area (Å²) < 4.78 is 0. The number of nitrogens with two attached hydrogens (primary N) is 1. The molecular weight excluding hydrogens is 208 g/mol. The van der Waals surface area contributed by atoms with Gasteiger partial charge < -0.3 is 10.6 Å². The molecule has 0 saturated heterocycles. The molecule has 0 amide bonds. The van der Waals surface area contributed by atoms with Gasteiger partial charge in [0.15, 0.2) is 0 Å². The number of benzene rings is 2. The Balaban J connectivity index is 1.87. The van der Waals surface area contributed by atoms with Crippen molar-refractivity contribution in [2.75, 3.05) is 17.2 Å². The third-order valence-corrected chi connectivity index (χ3v) is 3.40. The van der Waals surface area contributed by atoms with Crippen LogP contribution in [0.3, 0.4) is 0 Å².